The van der Waals surface area contributed by atoms with Crippen molar-refractivity contribution < 1.29 is 13.2 Å². The Morgan fingerprint density at radius 1 is 1.12 bits per heavy atom. The fraction of sp³-hybridized carbons (Fsp3) is 0.267. The minimum atomic E-state index is -0.351. The number of allylic oxidation sites excluding steroid dienone is 2. The predicted molar refractivity (Wildman–Crippen MR) is 97.1 cm³/mol. The molecule has 3 rings (SSSR count). The number of nitrogens with one attached hydrogen (secondary N) is 3. The van der Waals surface area contributed by atoms with Gasteiger partial charge in [0.2, 0.25) is 22.9 Å². The number of nitrogens with zero attached hydrogens (tertiary/aromatic N) is 3. The number of carbonyl (C=O) groups excluding carboxylic acids is 1. The van der Waals surface area contributed by atoms with Crippen LogP contribution in [0.3, 0.4) is 0 Å². The number of fused-ring (bicyclic) bond motifs is 1. The van der Waals surface area contributed by atoms with Gasteiger partial charge in [0.1, 0.15) is 0 Å². The van der Waals surface area contributed by atoms with Crippen molar-refractivity contribution in [2.24, 2.45) is 8.94 Å². The van der Waals surface area contributed by atoms with Gasteiger partial charge in [-0.2, -0.15) is 8.42 Å². The summed E-state index contributed by atoms with van der Waals surface area (Å²) in [6.45, 7) is 0.523. The number of carbonyl (C=O) groups is 1. The van der Waals surface area contributed by atoms with Gasteiger partial charge in [0, 0.05) is 24.1 Å². The molecule has 0 spiro atoms. The van der Waals surface area contributed by atoms with E-state index in [2.05, 4.69) is 25.4 Å². The van der Waals surface area contributed by atoms with Crippen LogP contribution in [-0.2, 0) is 22.9 Å². The van der Waals surface area contributed by atoms with E-state index in [4.69, 9.17) is 0 Å². The summed E-state index contributed by atoms with van der Waals surface area (Å²) in [6, 6.07) is 7.49. The molecule has 1 fully saturated rings. The van der Waals surface area contributed by atoms with E-state index in [-0.39, 0.29) is 34.9 Å². The summed E-state index contributed by atoms with van der Waals surface area (Å²) in [4.78, 5) is 12.8. The Bertz CT molecular complexity index is 874. The Labute approximate surface area is 156 Å². The second-order valence-corrected chi connectivity index (χ2v) is 6.28. The van der Waals surface area contributed by atoms with Gasteiger partial charge in [-0.25, -0.2) is 10.4 Å². The number of ketones is 1. The number of hydrogen-bond donors (Lipinski definition) is 3. The molecule has 3 N–H and O–H groups in total. The summed E-state index contributed by atoms with van der Waals surface area (Å²) in [5.41, 5.74) is 11.2. The fourth-order valence-electron chi connectivity index (χ4n) is 3.06. The third kappa shape index (κ3) is 4.15. The minimum Gasteiger partial charge on any atom is -0.289 e. The number of hydrogen-bond acceptors (Lipinski definition) is 7. The topological polar surface area (TPSA) is 115 Å². The molecule has 0 amide bonds. The molecule has 11 heteroatoms. The predicted octanol–water partition coefficient (Wildman–Crippen LogP) is 0.837. The zero-order chi connectivity index (χ0) is 18.4. The van der Waals surface area contributed by atoms with E-state index in [0.29, 0.717) is 30.5 Å². The van der Waals surface area contributed by atoms with Crippen molar-refractivity contribution in [3.63, 3.8) is 0 Å². The van der Waals surface area contributed by atoms with Crippen molar-refractivity contribution >= 4 is 34.8 Å². The van der Waals surface area contributed by atoms with Gasteiger partial charge in [0.05, 0.1) is 6.17 Å². The lowest BCUT2D eigenvalue weighted by Gasteiger charge is -2.35. The Morgan fingerprint density at radius 2 is 1.92 bits per heavy atom. The Balaban J connectivity index is 1.85. The maximum Gasteiger partial charge on any atom is 0.219 e. The molecule has 1 aliphatic carbocycles. The second kappa shape index (κ2) is 8.98. The first-order valence-corrected chi connectivity index (χ1v) is 9.19. The molecule has 0 bridgehead atoms. The smallest absolute Gasteiger partial charge is 0.219 e. The van der Waals surface area contributed by atoms with Gasteiger partial charge < -0.3 is 0 Å². The van der Waals surface area contributed by atoms with Gasteiger partial charge in [0.15, 0.2) is 5.78 Å². The fourth-order valence-corrected chi connectivity index (χ4v) is 3.29. The molecule has 1 atom stereocenters. The monoisotopic (exact) mass is 392 g/mol. The van der Waals surface area contributed by atoms with Crippen molar-refractivity contribution in [1.82, 2.24) is 21.5 Å². The van der Waals surface area contributed by atoms with Crippen LogP contribution in [0.5, 0.6) is 0 Å². The van der Waals surface area contributed by atoms with Gasteiger partial charge in [-0.3, -0.25) is 4.79 Å². The zero-order valence-electron chi connectivity index (χ0n) is 13.5. The molecule has 1 heterocycles. The summed E-state index contributed by atoms with van der Waals surface area (Å²) in [5, 5.41) is 1.71. The number of rotatable bonds is 5. The van der Waals surface area contributed by atoms with Crippen LogP contribution in [0.4, 0.5) is 0 Å². The van der Waals surface area contributed by atoms with Crippen LogP contribution in [0.1, 0.15) is 28.8 Å². The Morgan fingerprint density at radius 3 is 2.73 bits per heavy atom. The van der Waals surface area contributed by atoms with Crippen molar-refractivity contribution in [3.05, 3.63) is 52.6 Å². The molecule has 9 nitrogen and oxygen atoms in total. The molecular weight excluding hydrogens is 376 g/mol. The van der Waals surface area contributed by atoms with Crippen molar-refractivity contribution in [1.29, 1.82) is 0 Å². The number of piperidine rings is 1. The second-order valence-electron chi connectivity index (χ2n) is 5.62. The summed E-state index contributed by atoms with van der Waals surface area (Å²) >= 11 is 0.105. The van der Waals surface area contributed by atoms with E-state index >= 15 is 0 Å². The lowest BCUT2D eigenvalue weighted by Crippen LogP contribution is -2.56. The lowest BCUT2D eigenvalue weighted by molar-refractivity contribution is 0.0749. The van der Waals surface area contributed by atoms with Gasteiger partial charge in [-0.05, 0) is 12.0 Å². The summed E-state index contributed by atoms with van der Waals surface area (Å²) < 4.78 is 27.8. The highest BCUT2D eigenvalue weighted by molar-refractivity contribution is 7.54. The van der Waals surface area contributed by atoms with Gasteiger partial charge in [-0.1, -0.05) is 50.9 Å². The highest BCUT2D eigenvalue weighted by Crippen LogP contribution is 2.30. The van der Waals surface area contributed by atoms with Crippen molar-refractivity contribution in [3.8, 4) is 0 Å². The highest BCUT2D eigenvalue weighted by atomic mass is 32.1. The van der Waals surface area contributed by atoms with Gasteiger partial charge in [-0.15, -0.1) is 11.1 Å². The molecule has 2 aliphatic rings. The van der Waals surface area contributed by atoms with Crippen LogP contribution in [-0.4, -0.2) is 31.9 Å². The standard InChI is InChI=1S/C15H16N6O3S2/c22-15-12-4-2-1-3-10(12)5-6-13(15)11-7-8-21(18-20-26-24)14(9-11)16-17-19-25-23/h1-6,14,16-18H,7-9H2/b13-11+. The van der Waals surface area contributed by atoms with Crippen LogP contribution < -0.4 is 16.5 Å². The molecule has 26 heavy (non-hydrogen) atoms. The van der Waals surface area contributed by atoms with E-state index in [9.17, 15) is 13.2 Å². The quantitative estimate of drug-likeness (QED) is 0.502. The molecule has 1 aromatic rings. The molecule has 0 saturated carbocycles. The third-order valence-electron chi connectivity index (χ3n) is 4.25. The van der Waals surface area contributed by atoms with E-state index in [0.717, 1.165) is 11.1 Å². The maximum absolute atomic E-state index is 12.8. The first-order chi connectivity index (χ1) is 12.7. The van der Waals surface area contributed by atoms with Crippen LogP contribution in [0.25, 0.3) is 6.08 Å². The summed E-state index contributed by atoms with van der Waals surface area (Å²) in [7, 11) is 0. The first kappa shape index (κ1) is 18.6. The van der Waals surface area contributed by atoms with Crippen LogP contribution in [0, 0.1) is 0 Å². The molecule has 1 aliphatic heterocycles. The van der Waals surface area contributed by atoms with Crippen molar-refractivity contribution in [2.75, 3.05) is 6.54 Å². The SMILES string of the molecule is O=S=NNNC1C/C(=C2\C=Cc3ccccc3C2=O)CCN1NN=S=O. The van der Waals surface area contributed by atoms with E-state index < -0.39 is 0 Å². The highest BCUT2D eigenvalue weighted by Gasteiger charge is 2.29. The molecule has 136 valence electrons. The third-order valence-corrected chi connectivity index (χ3v) is 4.57. The van der Waals surface area contributed by atoms with Gasteiger partial charge in [0.25, 0.3) is 0 Å². The molecular formula is C15H16N6O3S2. The average Bonchev–Trinajstić information content (AvgIpc) is 2.68. The van der Waals surface area contributed by atoms with E-state index in [1.54, 1.807) is 5.01 Å². The maximum atomic E-state index is 12.8. The molecule has 1 saturated heterocycles. The largest absolute Gasteiger partial charge is 0.289 e. The van der Waals surface area contributed by atoms with Gasteiger partial charge >= 0.3 is 0 Å². The average molecular weight is 392 g/mol. The summed E-state index contributed by atoms with van der Waals surface area (Å²) in [6.07, 6.45) is 4.58. The molecule has 1 unspecified atom stereocenters. The Kier molecular flexibility index (Phi) is 6.44. The number of Topliss-reactive ketones (excluding diaryl/α,β-unsaturated/α-hetero) is 1. The van der Waals surface area contributed by atoms with E-state index in [1.165, 1.54) is 0 Å². The molecule has 0 aromatic heterocycles. The number of benzene rings is 1. The molecule has 1 aromatic carbocycles. The minimum absolute atomic E-state index is 0.00539. The first-order valence-electron chi connectivity index (χ1n) is 7.79. The normalized spacial score (nSPS) is 22.6. The lowest BCUT2D eigenvalue weighted by atomic mass is 9.86. The summed E-state index contributed by atoms with van der Waals surface area (Å²) in [5.74, 6) is 0.00539. The Hall–Kier alpha value is -2.15. The van der Waals surface area contributed by atoms with Crippen LogP contribution in [0.2, 0.25) is 0 Å². The van der Waals surface area contributed by atoms with Crippen molar-refractivity contribution in [2.45, 2.75) is 19.0 Å². The van der Waals surface area contributed by atoms with Crippen LogP contribution in [0.15, 0.2) is 50.4 Å². The zero-order valence-corrected chi connectivity index (χ0v) is 15.2. The number of hydrazine groups is 2. The van der Waals surface area contributed by atoms with Crippen LogP contribution >= 0.6 is 0 Å². The van der Waals surface area contributed by atoms with E-state index in [1.807, 2.05) is 36.4 Å². The molecule has 0 radical (unpaired) electrons.